The van der Waals surface area contributed by atoms with Crippen LogP contribution in [0.3, 0.4) is 0 Å². The highest BCUT2D eigenvalue weighted by molar-refractivity contribution is 7.99. The second kappa shape index (κ2) is 8.11. The predicted molar refractivity (Wildman–Crippen MR) is 75.7 cm³/mol. The molecule has 5 heteroatoms. The number of thioether (sulfide) groups is 1. The molecule has 1 amide bonds. The van der Waals surface area contributed by atoms with Gasteiger partial charge < -0.3 is 10.6 Å². The number of nitrogens with zero attached hydrogens (tertiary/aromatic N) is 1. The summed E-state index contributed by atoms with van der Waals surface area (Å²) < 4.78 is 0. The highest BCUT2D eigenvalue weighted by atomic mass is 32.2. The molecule has 18 heavy (non-hydrogen) atoms. The zero-order chi connectivity index (χ0) is 13.4. The Hall–Kier alpha value is -1.07. The topological polar surface area (TPSA) is 54.0 Å². The molecule has 4 nitrogen and oxygen atoms in total. The minimum Gasteiger partial charge on any atom is -0.358 e. The summed E-state index contributed by atoms with van der Waals surface area (Å²) in [5.74, 6) is 0.423. The van der Waals surface area contributed by atoms with Crippen molar-refractivity contribution < 1.29 is 4.79 Å². The Morgan fingerprint density at radius 2 is 2.33 bits per heavy atom. The summed E-state index contributed by atoms with van der Waals surface area (Å²) in [6.07, 6.45) is 2.87. The second-order valence-corrected chi connectivity index (χ2v) is 5.00. The van der Waals surface area contributed by atoms with Crippen LogP contribution in [0.2, 0.25) is 0 Å². The van der Waals surface area contributed by atoms with Crippen molar-refractivity contribution >= 4 is 17.7 Å². The van der Waals surface area contributed by atoms with E-state index in [-0.39, 0.29) is 11.9 Å². The molecule has 0 saturated carbocycles. The van der Waals surface area contributed by atoms with Crippen molar-refractivity contribution in [2.45, 2.75) is 31.3 Å². The van der Waals surface area contributed by atoms with Crippen molar-refractivity contribution in [2.75, 3.05) is 19.3 Å². The maximum atomic E-state index is 11.3. The van der Waals surface area contributed by atoms with Crippen molar-refractivity contribution in [3.63, 3.8) is 0 Å². The molecule has 1 unspecified atom stereocenters. The first-order valence-electron chi connectivity index (χ1n) is 6.20. The van der Waals surface area contributed by atoms with E-state index < -0.39 is 0 Å². The van der Waals surface area contributed by atoms with Crippen molar-refractivity contribution in [1.82, 2.24) is 15.6 Å². The summed E-state index contributed by atoms with van der Waals surface area (Å²) in [4.78, 5) is 15.6. The van der Waals surface area contributed by atoms with Crippen molar-refractivity contribution in [1.29, 1.82) is 0 Å². The monoisotopic (exact) mass is 267 g/mol. The van der Waals surface area contributed by atoms with E-state index in [9.17, 15) is 4.79 Å². The molecule has 0 spiro atoms. The summed E-state index contributed by atoms with van der Waals surface area (Å²) >= 11 is 1.48. The van der Waals surface area contributed by atoms with E-state index in [4.69, 9.17) is 0 Å². The van der Waals surface area contributed by atoms with Gasteiger partial charge in [-0.05, 0) is 26.0 Å². The molecule has 1 aromatic rings. The van der Waals surface area contributed by atoms with E-state index in [0.29, 0.717) is 5.75 Å². The number of hydrogen-bond donors (Lipinski definition) is 2. The minimum absolute atomic E-state index is 0.0192. The fourth-order valence-corrected chi connectivity index (χ4v) is 2.49. The van der Waals surface area contributed by atoms with Gasteiger partial charge in [0.15, 0.2) is 0 Å². The van der Waals surface area contributed by atoms with Crippen molar-refractivity contribution in [3.8, 4) is 0 Å². The van der Waals surface area contributed by atoms with Crippen LogP contribution in [0.15, 0.2) is 23.4 Å². The second-order valence-electron chi connectivity index (χ2n) is 4.04. The highest BCUT2D eigenvalue weighted by Gasteiger charge is 2.12. The largest absolute Gasteiger partial charge is 0.358 e. The molecule has 0 radical (unpaired) electrons. The Kier molecular flexibility index (Phi) is 6.75. The van der Waals surface area contributed by atoms with E-state index in [1.165, 1.54) is 11.8 Å². The molecule has 100 valence electrons. The maximum Gasteiger partial charge on any atom is 0.230 e. The Morgan fingerprint density at radius 1 is 1.56 bits per heavy atom. The van der Waals surface area contributed by atoms with Gasteiger partial charge in [0.2, 0.25) is 5.91 Å². The summed E-state index contributed by atoms with van der Waals surface area (Å²) in [7, 11) is 1.65. The van der Waals surface area contributed by atoms with Crippen LogP contribution in [0.5, 0.6) is 0 Å². The molecule has 0 fully saturated rings. The molecule has 0 bridgehead atoms. The SMILES string of the molecule is CCCNC(C)c1cccnc1SCC(=O)NC. The summed E-state index contributed by atoms with van der Waals surface area (Å²) in [6.45, 7) is 5.25. The Bertz CT molecular complexity index is 384. The molecule has 2 N–H and O–H groups in total. The van der Waals surface area contributed by atoms with Gasteiger partial charge in [-0.1, -0.05) is 24.8 Å². The van der Waals surface area contributed by atoms with Gasteiger partial charge in [-0.3, -0.25) is 4.79 Å². The van der Waals surface area contributed by atoms with Crippen LogP contribution in [0.25, 0.3) is 0 Å². The average Bonchev–Trinajstić information content (AvgIpc) is 2.42. The van der Waals surface area contributed by atoms with Crippen LogP contribution in [0, 0.1) is 0 Å². The number of rotatable bonds is 7. The minimum atomic E-state index is 0.0192. The lowest BCUT2D eigenvalue weighted by Gasteiger charge is -2.16. The zero-order valence-corrected chi connectivity index (χ0v) is 12.0. The van der Waals surface area contributed by atoms with Crippen LogP contribution in [0.4, 0.5) is 0 Å². The van der Waals surface area contributed by atoms with Gasteiger partial charge in [0.1, 0.15) is 5.03 Å². The Labute approximate surface area is 113 Å². The van der Waals surface area contributed by atoms with Crippen LogP contribution in [0.1, 0.15) is 31.9 Å². The lowest BCUT2D eigenvalue weighted by Crippen LogP contribution is -2.21. The van der Waals surface area contributed by atoms with Crippen LogP contribution < -0.4 is 10.6 Å². The third kappa shape index (κ3) is 4.66. The fraction of sp³-hybridized carbons (Fsp3) is 0.538. The summed E-state index contributed by atoms with van der Waals surface area (Å²) in [5.41, 5.74) is 1.15. The van der Waals surface area contributed by atoms with Crippen LogP contribution >= 0.6 is 11.8 Å². The van der Waals surface area contributed by atoms with E-state index in [1.54, 1.807) is 13.2 Å². The first-order chi connectivity index (χ1) is 8.69. The van der Waals surface area contributed by atoms with Gasteiger partial charge in [-0.25, -0.2) is 4.98 Å². The van der Waals surface area contributed by atoms with Gasteiger partial charge in [-0.15, -0.1) is 0 Å². The van der Waals surface area contributed by atoms with E-state index >= 15 is 0 Å². The molecular formula is C13H21N3OS. The first kappa shape index (κ1) is 15.0. The lowest BCUT2D eigenvalue weighted by molar-refractivity contribution is -0.118. The third-order valence-electron chi connectivity index (χ3n) is 2.59. The number of carbonyl (C=O) groups excluding carboxylic acids is 1. The molecule has 0 aliphatic carbocycles. The summed E-state index contributed by atoms with van der Waals surface area (Å²) in [5, 5.41) is 6.98. The maximum absolute atomic E-state index is 11.3. The Balaban J connectivity index is 2.69. The number of carbonyl (C=O) groups is 1. The molecule has 0 aliphatic heterocycles. The van der Waals surface area contributed by atoms with E-state index in [2.05, 4.69) is 35.5 Å². The van der Waals surface area contributed by atoms with Gasteiger partial charge in [0, 0.05) is 24.8 Å². The smallest absolute Gasteiger partial charge is 0.230 e. The fourth-order valence-electron chi connectivity index (χ4n) is 1.53. The molecule has 0 aromatic carbocycles. The highest BCUT2D eigenvalue weighted by Crippen LogP contribution is 2.24. The van der Waals surface area contributed by atoms with Gasteiger partial charge in [0.25, 0.3) is 0 Å². The third-order valence-corrected chi connectivity index (χ3v) is 3.61. The molecule has 1 atom stereocenters. The molecule has 0 saturated heterocycles. The predicted octanol–water partition coefficient (Wildman–Crippen LogP) is 1.98. The van der Waals surface area contributed by atoms with Crippen molar-refractivity contribution in [3.05, 3.63) is 23.9 Å². The van der Waals surface area contributed by atoms with Crippen LogP contribution in [-0.4, -0.2) is 30.2 Å². The average molecular weight is 267 g/mol. The van der Waals surface area contributed by atoms with Gasteiger partial charge in [0.05, 0.1) is 5.75 Å². The quantitative estimate of drug-likeness (QED) is 0.742. The number of pyridine rings is 1. The molecule has 1 rings (SSSR count). The standard InChI is InChI=1S/C13H21N3OS/c1-4-7-15-10(2)11-6-5-8-16-13(11)18-9-12(17)14-3/h5-6,8,10,15H,4,7,9H2,1-3H3,(H,14,17). The van der Waals surface area contributed by atoms with Crippen molar-refractivity contribution in [2.24, 2.45) is 0 Å². The van der Waals surface area contributed by atoms with Gasteiger partial charge >= 0.3 is 0 Å². The first-order valence-corrected chi connectivity index (χ1v) is 7.19. The molecule has 1 aromatic heterocycles. The van der Waals surface area contributed by atoms with Gasteiger partial charge in [-0.2, -0.15) is 0 Å². The zero-order valence-electron chi connectivity index (χ0n) is 11.2. The normalized spacial score (nSPS) is 12.2. The number of hydrogen-bond acceptors (Lipinski definition) is 4. The molecule has 1 heterocycles. The van der Waals surface area contributed by atoms with E-state index in [0.717, 1.165) is 23.6 Å². The molecule has 0 aliphatic rings. The summed E-state index contributed by atoms with van der Waals surface area (Å²) in [6, 6.07) is 4.25. The number of aromatic nitrogens is 1. The molecular weight excluding hydrogens is 246 g/mol. The Morgan fingerprint density at radius 3 is 3.00 bits per heavy atom. The lowest BCUT2D eigenvalue weighted by atomic mass is 10.1. The van der Waals surface area contributed by atoms with Crippen LogP contribution in [-0.2, 0) is 4.79 Å². The number of amides is 1. The number of nitrogens with one attached hydrogen (secondary N) is 2. The van der Waals surface area contributed by atoms with E-state index in [1.807, 2.05) is 6.07 Å².